The first-order chi connectivity index (χ1) is 12.6. The van der Waals surface area contributed by atoms with Gasteiger partial charge in [0.2, 0.25) is 0 Å². The second-order valence-electron chi connectivity index (χ2n) is 6.05. The van der Waals surface area contributed by atoms with Gasteiger partial charge in [0, 0.05) is 10.7 Å². The molecule has 0 atom stereocenters. The summed E-state index contributed by atoms with van der Waals surface area (Å²) in [5, 5.41) is 1.78. The highest BCUT2D eigenvalue weighted by Gasteiger charge is 2.08. The van der Waals surface area contributed by atoms with Crippen molar-refractivity contribution in [3.63, 3.8) is 0 Å². The van der Waals surface area contributed by atoms with Gasteiger partial charge in [-0.05, 0) is 66.6 Å². The highest BCUT2D eigenvalue weighted by molar-refractivity contribution is 9.09. The zero-order valence-corrected chi connectivity index (χ0v) is 17.7. The van der Waals surface area contributed by atoms with Gasteiger partial charge in [-0.25, -0.2) is 8.78 Å². The molecule has 0 nitrogen and oxygen atoms in total. The zero-order valence-electron chi connectivity index (χ0n) is 14.5. The van der Waals surface area contributed by atoms with Gasteiger partial charge < -0.3 is 0 Å². The maximum Gasteiger partial charge on any atom is 0.123 e. The molecule has 4 heteroatoms. The molecule has 0 spiro atoms. The summed E-state index contributed by atoms with van der Waals surface area (Å²) in [5.41, 5.74) is 4.72. The molecule has 0 saturated carbocycles. The topological polar surface area (TPSA) is 0 Å². The van der Waals surface area contributed by atoms with Gasteiger partial charge in [-0.2, -0.15) is 0 Å². The summed E-state index contributed by atoms with van der Waals surface area (Å²) in [5.74, 6) is -0.440. The van der Waals surface area contributed by atoms with Crippen LogP contribution in [0.25, 0.3) is 0 Å². The van der Waals surface area contributed by atoms with E-state index in [1.54, 1.807) is 0 Å². The third-order valence-corrected chi connectivity index (χ3v) is 4.94. The minimum Gasteiger partial charge on any atom is -0.207 e. The molecule has 0 radical (unpaired) electrons. The molecule has 0 fully saturated rings. The standard InChI is InChI=1S/C22H22Br2F2/c23-13-2-1-3-19(15-17-4-8-21(25)9-5-17)20(12-14-24)16-18-6-10-22(26)11-7-18/h1,3-11H,2,12-16H2/b3-1+,20-19-. The highest BCUT2D eigenvalue weighted by atomic mass is 79.9. The van der Waals surface area contributed by atoms with Gasteiger partial charge in [-0.15, -0.1) is 0 Å². The van der Waals surface area contributed by atoms with Crippen LogP contribution < -0.4 is 0 Å². The summed E-state index contributed by atoms with van der Waals surface area (Å²) in [6.45, 7) is 0. The average Bonchev–Trinajstić information content (AvgIpc) is 2.64. The van der Waals surface area contributed by atoms with E-state index in [-0.39, 0.29) is 11.6 Å². The molecular weight excluding hydrogens is 462 g/mol. The predicted molar refractivity (Wildman–Crippen MR) is 113 cm³/mol. The second-order valence-corrected chi connectivity index (χ2v) is 7.64. The first-order valence-corrected chi connectivity index (χ1v) is 10.8. The van der Waals surface area contributed by atoms with Crippen LogP contribution in [0.3, 0.4) is 0 Å². The molecule has 0 heterocycles. The van der Waals surface area contributed by atoms with E-state index >= 15 is 0 Å². The number of benzene rings is 2. The summed E-state index contributed by atoms with van der Waals surface area (Å²) in [6.07, 6.45) is 7.72. The van der Waals surface area contributed by atoms with E-state index in [1.165, 1.54) is 35.4 Å². The van der Waals surface area contributed by atoms with Crippen LogP contribution in [0, 0.1) is 11.6 Å². The summed E-state index contributed by atoms with van der Waals surface area (Å²) >= 11 is 7.00. The molecule has 0 aliphatic carbocycles. The average molecular weight is 484 g/mol. The normalized spacial score (nSPS) is 12.5. The number of allylic oxidation sites excluding steroid dienone is 4. The molecule has 26 heavy (non-hydrogen) atoms. The number of halogens is 4. The van der Waals surface area contributed by atoms with Gasteiger partial charge in [-0.3, -0.25) is 0 Å². The van der Waals surface area contributed by atoms with Crippen molar-refractivity contribution in [3.05, 3.63) is 94.6 Å². The Hall–Kier alpha value is -1.26. The smallest absolute Gasteiger partial charge is 0.123 e. The third kappa shape index (κ3) is 7.16. The molecule has 0 aliphatic rings. The molecule has 0 saturated heterocycles. The monoisotopic (exact) mass is 482 g/mol. The molecule has 0 amide bonds. The molecule has 2 rings (SSSR count). The van der Waals surface area contributed by atoms with Crippen molar-refractivity contribution in [3.8, 4) is 0 Å². The van der Waals surface area contributed by atoms with Gasteiger partial charge in [0.05, 0.1) is 0 Å². The lowest BCUT2D eigenvalue weighted by atomic mass is 9.93. The van der Waals surface area contributed by atoms with Crippen molar-refractivity contribution in [1.29, 1.82) is 0 Å². The van der Waals surface area contributed by atoms with E-state index in [0.717, 1.165) is 47.5 Å². The summed E-state index contributed by atoms with van der Waals surface area (Å²) in [7, 11) is 0. The van der Waals surface area contributed by atoms with Gasteiger partial charge >= 0.3 is 0 Å². The molecule has 0 unspecified atom stereocenters. The Morgan fingerprint density at radius 3 is 1.81 bits per heavy atom. The van der Waals surface area contributed by atoms with Crippen LogP contribution in [0.15, 0.2) is 71.8 Å². The largest absolute Gasteiger partial charge is 0.207 e. The fourth-order valence-corrected chi connectivity index (χ4v) is 3.48. The Balaban J connectivity index is 2.33. The Kier molecular flexibility index (Phi) is 9.27. The van der Waals surface area contributed by atoms with Crippen LogP contribution in [0.5, 0.6) is 0 Å². The maximum atomic E-state index is 13.2. The Morgan fingerprint density at radius 2 is 1.31 bits per heavy atom. The van der Waals surface area contributed by atoms with Crippen LogP contribution in [0.1, 0.15) is 24.0 Å². The molecule has 0 N–H and O–H groups in total. The van der Waals surface area contributed by atoms with Crippen molar-refractivity contribution in [1.82, 2.24) is 0 Å². The first-order valence-electron chi connectivity index (χ1n) is 8.60. The Bertz CT molecular complexity index is 732. The van der Waals surface area contributed by atoms with E-state index in [2.05, 4.69) is 44.0 Å². The Labute approximate surface area is 171 Å². The number of alkyl halides is 2. The summed E-state index contributed by atoms with van der Waals surface area (Å²) < 4.78 is 26.4. The lowest BCUT2D eigenvalue weighted by Crippen LogP contribution is -2.00. The molecule has 2 aromatic rings. The van der Waals surface area contributed by atoms with Crippen molar-refractivity contribution in [2.24, 2.45) is 0 Å². The van der Waals surface area contributed by atoms with E-state index in [1.807, 2.05) is 24.3 Å². The van der Waals surface area contributed by atoms with Crippen LogP contribution in [-0.4, -0.2) is 10.7 Å². The van der Waals surface area contributed by atoms with Gasteiger partial charge in [0.25, 0.3) is 0 Å². The van der Waals surface area contributed by atoms with Gasteiger partial charge in [0.15, 0.2) is 0 Å². The molecule has 0 bridgehead atoms. The first kappa shape index (κ1) is 21.0. The molecule has 138 valence electrons. The minimum atomic E-state index is -0.221. The molecular formula is C22H22Br2F2. The van der Waals surface area contributed by atoms with Crippen molar-refractivity contribution >= 4 is 31.9 Å². The van der Waals surface area contributed by atoms with Gasteiger partial charge in [-0.1, -0.05) is 73.9 Å². The minimum absolute atomic E-state index is 0.219. The van der Waals surface area contributed by atoms with Crippen LogP contribution in [0.4, 0.5) is 8.78 Å². The highest BCUT2D eigenvalue weighted by Crippen LogP contribution is 2.22. The van der Waals surface area contributed by atoms with Crippen molar-refractivity contribution in [2.45, 2.75) is 25.7 Å². The van der Waals surface area contributed by atoms with Crippen LogP contribution >= 0.6 is 31.9 Å². The second kappa shape index (κ2) is 11.5. The fourth-order valence-electron chi connectivity index (χ4n) is 2.74. The van der Waals surface area contributed by atoms with Gasteiger partial charge in [0.1, 0.15) is 11.6 Å². The lowest BCUT2D eigenvalue weighted by Gasteiger charge is -2.13. The molecule has 0 aliphatic heterocycles. The quantitative estimate of drug-likeness (QED) is 0.262. The lowest BCUT2D eigenvalue weighted by molar-refractivity contribution is 0.626. The van der Waals surface area contributed by atoms with Crippen molar-refractivity contribution in [2.75, 3.05) is 10.7 Å². The van der Waals surface area contributed by atoms with E-state index in [9.17, 15) is 8.78 Å². The van der Waals surface area contributed by atoms with E-state index < -0.39 is 0 Å². The van der Waals surface area contributed by atoms with E-state index in [0.29, 0.717) is 0 Å². The summed E-state index contributed by atoms with van der Waals surface area (Å²) in [6, 6.07) is 13.3. The fraction of sp³-hybridized carbons (Fsp3) is 0.273. The third-order valence-electron chi connectivity index (χ3n) is 4.08. The molecule has 2 aromatic carbocycles. The van der Waals surface area contributed by atoms with E-state index in [4.69, 9.17) is 0 Å². The zero-order chi connectivity index (χ0) is 18.8. The summed E-state index contributed by atoms with van der Waals surface area (Å²) in [4.78, 5) is 0. The van der Waals surface area contributed by atoms with Crippen LogP contribution in [0.2, 0.25) is 0 Å². The molecule has 0 aromatic heterocycles. The number of hydrogen-bond acceptors (Lipinski definition) is 0. The SMILES string of the molecule is Fc1ccc(CC(/C=C/CCBr)=C(/CCBr)Cc2ccc(F)cc2)cc1. The predicted octanol–water partition coefficient (Wildman–Crippen LogP) is 7.17. The Morgan fingerprint density at radius 1 is 0.769 bits per heavy atom. The van der Waals surface area contributed by atoms with Crippen molar-refractivity contribution < 1.29 is 8.78 Å². The van der Waals surface area contributed by atoms with Crippen LogP contribution in [-0.2, 0) is 12.8 Å². The number of hydrogen-bond donors (Lipinski definition) is 0. The number of rotatable bonds is 9. The maximum absolute atomic E-state index is 13.2.